The molecule has 0 fully saturated rings. The summed E-state index contributed by atoms with van der Waals surface area (Å²) < 4.78 is 4.61. The maximum absolute atomic E-state index is 11.3. The molecular weight excluding hydrogens is 335 g/mol. The van der Waals surface area contributed by atoms with E-state index in [2.05, 4.69) is 9.64 Å². The van der Waals surface area contributed by atoms with E-state index in [9.17, 15) is 4.79 Å². The fraction of sp³-hybridized carbons (Fsp3) is 0.500. The Labute approximate surface area is 141 Å². The van der Waals surface area contributed by atoms with Crippen LogP contribution >= 0.6 is 35.6 Å². The number of ether oxygens (including phenoxy) is 1. The summed E-state index contributed by atoms with van der Waals surface area (Å²) in [5.74, 6) is 0.692. The number of anilines is 1. The first kappa shape index (κ1) is 20.3. The zero-order valence-corrected chi connectivity index (χ0v) is 14.3. The molecule has 1 aromatic rings. The molecule has 1 aromatic carbocycles. The lowest BCUT2D eigenvalue weighted by Crippen LogP contribution is -2.33. The second kappa shape index (κ2) is 11.0. The summed E-state index contributed by atoms with van der Waals surface area (Å²) in [5.41, 5.74) is 7.78. The lowest BCUT2D eigenvalue weighted by molar-refractivity contribution is -0.142. The van der Waals surface area contributed by atoms with Crippen molar-refractivity contribution < 1.29 is 9.53 Å². The van der Waals surface area contributed by atoms with Crippen LogP contribution in [0.25, 0.3) is 0 Å². The largest absolute Gasteiger partial charge is 0.468 e. The number of alkyl halides is 2. The molecule has 120 valence electrons. The summed E-state index contributed by atoms with van der Waals surface area (Å²) >= 11 is 11.6. The molecule has 0 saturated heterocycles. The third-order valence-electron chi connectivity index (χ3n) is 2.97. The summed E-state index contributed by atoms with van der Waals surface area (Å²) in [5, 5.41) is 0. The van der Waals surface area contributed by atoms with E-state index < -0.39 is 12.0 Å². The van der Waals surface area contributed by atoms with Crippen LogP contribution in [0.3, 0.4) is 0 Å². The van der Waals surface area contributed by atoms with E-state index >= 15 is 0 Å². The van der Waals surface area contributed by atoms with Gasteiger partial charge in [-0.2, -0.15) is 0 Å². The molecule has 0 aromatic heterocycles. The molecule has 0 aliphatic rings. The van der Waals surface area contributed by atoms with Gasteiger partial charge in [0.1, 0.15) is 6.04 Å². The van der Waals surface area contributed by atoms with E-state index in [1.807, 2.05) is 24.3 Å². The Balaban J connectivity index is 0.00000400. The molecule has 0 amide bonds. The van der Waals surface area contributed by atoms with Gasteiger partial charge in [-0.1, -0.05) is 12.1 Å². The van der Waals surface area contributed by atoms with E-state index in [4.69, 9.17) is 28.9 Å². The Kier molecular flexibility index (Phi) is 10.6. The first-order chi connectivity index (χ1) is 9.62. The summed E-state index contributed by atoms with van der Waals surface area (Å²) in [6, 6.07) is 7.24. The fourth-order valence-corrected chi connectivity index (χ4v) is 2.31. The number of nitrogens with two attached hydrogens (primary N) is 1. The Hall–Kier alpha value is -0.680. The summed E-state index contributed by atoms with van der Waals surface area (Å²) in [7, 11) is 1.33. The van der Waals surface area contributed by atoms with Crippen molar-refractivity contribution in [2.75, 3.05) is 36.9 Å². The van der Waals surface area contributed by atoms with Crippen molar-refractivity contribution in [2.24, 2.45) is 5.73 Å². The zero-order valence-electron chi connectivity index (χ0n) is 11.9. The Morgan fingerprint density at radius 3 is 2.19 bits per heavy atom. The summed E-state index contributed by atoms with van der Waals surface area (Å²) in [4.78, 5) is 13.4. The van der Waals surface area contributed by atoms with Crippen LogP contribution in [0.1, 0.15) is 5.56 Å². The van der Waals surface area contributed by atoms with Gasteiger partial charge >= 0.3 is 5.97 Å². The molecule has 4 nitrogen and oxygen atoms in total. The van der Waals surface area contributed by atoms with Crippen molar-refractivity contribution in [2.45, 2.75) is 12.5 Å². The third kappa shape index (κ3) is 6.74. The average molecular weight is 356 g/mol. The number of rotatable bonds is 8. The number of nitrogens with zero attached hydrogens (tertiary/aromatic N) is 1. The van der Waals surface area contributed by atoms with Gasteiger partial charge < -0.3 is 15.4 Å². The molecule has 0 spiro atoms. The minimum absolute atomic E-state index is 0. The van der Waals surface area contributed by atoms with Crippen molar-refractivity contribution >= 4 is 47.3 Å². The molecule has 0 heterocycles. The van der Waals surface area contributed by atoms with E-state index in [-0.39, 0.29) is 12.4 Å². The van der Waals surface area contributed by atoms with Crippen LogP contribution in [0.2, 0.25) is 0 Å². The molecule has 0 saturated carbocycles. The van der Waals surface area contributed by atoms with Crippen LogP contribution in [0.5, 0.6) is 0 Å². The SMILES string of the molecule is COC(=O)C(N)Cc1ccc(N(CCCl)CCCl)cc1.Cl. The van der Waals surface area contributed by atoms with Crippen molar-refractivity contribution in [3.63, 3.8) is 0 Å². The first-order valence-electron chi connectivity index (χ1n) is 6.41. The van der Waals surface area contributed by atoms with Gasteiger partial charge in [-0.05, 0) is 24.1 Å². The lowest BCUT2D eigenvalue weighted by Gasteiger charge is -2.23. The fourth-order valence-electron chi connectivity index (χ4n) is 1.91. The van der Waals surface area contributed by atoms with Crippen molar-refractivity contribution in [1.29, 1.82) is 0 Å². The molecule has 1 atom stereocenters. The molecule has 0 aliphatic carbocycles. The lowest BCUT2D eigenvalue weighted by atomic mass is 10.1. The normalized spacial score (nSPS) is 11.4. The van der Waals surface area contributed by atoms with Crippen molar-refractivity contribution in [3.8, 4) is 0 Å². The highest BCUT2D eigenvalue weighted by Gasteiger charge is 2.14. The minimum atomic E-state index is -0.632. The van der Waals surface area contributed by atoms with Gasteiger partial charge in [0.25, 0.3) is 0 Å². The maximum Gasteiger partial charge on any atom is 0.322 e. The Bertz CT molecular complexity index is 409. The van der Waals surface area contributed by atoms with E-state index in [0.29, 0.717) is 18.2 Å². The second-order valence-electron chi connectivity index (χ2n) is 4.37. The minimum Gasteiger partial charge on any atom is -0.468 e. The standard InChI is InChI=1S/C14H20Cl2N2O2.ClH/c1-20-14(19)13(17)10-11-2-4-12(5-3-11)18(8-6-15)9-7-16;/h2-5,13H,6-10,17H2,1H3;1H. The van der Waals surface area contributed by atoms with Gasteiger partial charge in [0.05, 0.1) is 7.11 Å². The quantitative estimate of drug-likeness (QED) is 0.575. The van der Waals surface area contributed by atoms with Crippen LogP contribution in [0.4, 0.5) is 5.69 Å². The van der Waals surface area contributed by atoms with Crippen LogP contribution in [-0.4, -0.2) is 44.0 Å². The molecule has 1 rings (SSSR count). The zero-order chi connectivity index (χ0) is 15.0. The van der Waals surface area contributed by atoms with Crippen molar-refractivity contribution in [3.05, 3.63) is 29.8 Å². The summed E-state index contributed by atoms with van der Waals surface area (Å²) in [6.07, 6.45) is 0.456. The second-order valence-corrected chi connectivity index (χ2v) is 5.12. The predicted octanol–water partition coefficient (Wildman–Crippen LogP) is 2.44. The van der Waals surface area contributed by atoms with Crippen LogP contribution in [-0.2, 0) is 16.0 Å². The monoisotopic (exact) mass is 354 g/mol. The number of methoxy groups -OCH3 is 1. The smallest absolute Gasteiger partial charge is 0.322 e. The molecule has 2 N–H and O–H groups in total. The third-order valence-corrected chi connectivity index (χ3v) is 3.31. The number of hydrogen-bond acceptors (Lipinski definition) is 4. The Morgan fingerprint density at radius 2 is 1.76 bits per heavy atom. The average Bonchev–Trinajstić information content (AvgIpc) is 2.47. The molecule has 1 unspecified atom stereocenters. The number of esters is 1. The van der Waals surface area contributed by atoms with E-state index in [0.717, 1.165) is 24.3 Å². The highest BCUT2D eigenvalue weighted by molar-refractivity contribution is 6.18. The highest BCUT2D eigenvalue weighted by Crippen LogP contribution is 2.16. The molecule has 21 heavy (non-hydrogen) atoms. The van der Waals surface area contributed by atoms with Gasteiger partial charge in [0, 0.05) is 30.5 Å². The number of benzene rings is 1. The van der Waals surface area contributed by atoms with Crippen molar-refractivity contribution in [1.82, 2.24) is 0 Å². The molecule has 0 bridgehead atoms. The molecule has 7 heteroatoms. The van der Waals surface area contributed by atoms with Crippen LogP contribution < -0.4 is 10.6 Å². The topological polar surface area (TPSA) is 55.6 Å². The van der Waals surface area contributed by atoms with Gasteiger partial charge in [-0.25, -0.2) is 0 Å². The van der Waals surface area contributed by atoms with Crippen LogP contribution in [0, 0.1) is 0 Å². The highest BCUT2D eigenvalue weighted by atomic mass is 35.5. The van der Waals surface area contributed by atoms with Gasteiger partial charge in [0.2, 0.25) is 0 Å². The molecular formula is C14H21Cl3N2O2. The molecule has 0 aliphatic heterocycles. The van der Waals surface area contributed by atoms with Gasteiger partial charge in [-0.15, -0.1) is 35.6 Å². The summed E-state index contributed by atoms with van der Waals surface area (Å²) in [6.45, 7) is 1.49. The van der Waals surface area contributed by atoms with Gasteiger partial charge in [0.15, 0.2) is 0 Å². The molecule has 0 radical (unpaired) electrons. The van der Waals surface area contributed by atoms with E-state index in [1.165, 1.54) is 7.11 Å². The van der Waals surface area contributed by atoms with E-state index in [1.54, 1.807) is 0 Å². The number of carbonyl (C=O) groups is 1. The number of carbonyl (C=O) groups excluding carboxylic acids is 1. The van der Waals surface area contributed by atoms with Crippen LogP contribution in [0.15, 0.2) is 24.3 Å². The number of halogens is 3. The predicted molar refractivity (Wildman–Crippen MR) is 91.0 cm³/mol. The van der Waals surface area contributed by atoms with Gasteiger partial charge in [-0.3, -0.25) is 4.79 Å². The maximum atomic E-state index is 11.3. The number of hydrogen-bond donors (Lipinski definition) is 1. The first-order valence-corrected chi connectivity index (χ1v) is 7.48. The Morgan fingerprint density at radius 1 is 1.24 bits per heavy atom.